The van der Waals surface area contributed by atoms with E-state index in [0.717, 1.165) is 12.1 Å². The molecule has 2 aliphatic rings. The second-order valence-electron chi connectivity index (χ2n) is 8.60. The number of benzene rings is 1. The van der Waals surface area contributed by atoms with Gasteiger partial charge in [-0.25, -0.2) is 13.5 Å². The van der Waals surface area contributed by atoms with Crippen LogP contribution in [0.3, 0.4) is 0 Å². The van der Waals surface area contributed by atoms with E-state index < -0.39 is 12.0 Å². The molecule has 0 radical (unpaired) electrons. The predicted molar refractivity (Wildman–Crippen MR) is 115 cm³/mol. The lowest BCUT2D eigenvalue weighted by Gasteiger charge is -2.36. The molecule has 5 rings (SSSR count). The molecule has 2 aromatic heterocycles. The van der Waals surface area contributed by atoms with Crippen molar-refractivity contribution < 1.29 is 13.9 Å². The van der Waals surface area contributed by atoms with Crippen molar-refractivity contribution in [1.29, 1.82) is 0 Å². The standard InChI is InChI=1S/C22H25F2N7O/c1-3-13-12-31(29-26-13)15-4-5-17(19(32)9-15)18-6-7-21(28-27-18)30(2)16-8-14-11-22(23,24)20(10-16)25-14/h4-7,9,12,14,16,20,25,32H,3,8,10-11H2,1-2H3/t14-,16-,20+/m1/s1. The number of hydrogen-bond donors (Lipinski definition) is 2. The van der Waals surface area contributed by atoms with E-state index in [9.17, 15) is 13.9 Å². The molecule has 10 heteroatoms. The number of aromatic hydroxyl groups is 1. The molecule has 2 fully saturated rings. The number of aromatic nitrogens is 5. The van der Waals surface area contributed by atoms with E-state index in [2.05, 4.69) is 25.8 Å². The van der Waals surface area contributed by atoms with Crippen molar-refractivity contribution in [1.82, 2.24) is 30.5 Å². The molecule has 0 amide bonds. The Kier molecular flexibility index (Phi) is 5.04. The number of hydrogen-bond acceptors (Lipinski definition) is 7. The number of piperidine rings is 1. The van der Waals surface area contributed by atoms with Crippen molar-refractivity contribution in [3.63, 3.8) is 0 Å². The van der Waals surface area contributed by atoms with Gasteiger partial charge in [0.1, 0.15) is 5.75 Å². The Morgan fingerprint density at radius 1 is 1.19 bits per heavy atom. The summed E-state index contributed by atoms with van der Waals surface area (Å²) in [6.07, 6.45) is 3.52. The molecule has 4 heterocycles. The van der Waals surface area contributed by atoms with Gasteiger partial charge in [-0.1, -0.05) is 12.1 Å². The summed E-state index contributed by atoms with van der Waals surface area (Å²) in [6, 6.07) is 7.81. The molecular weight excluding hydrogens is 416 g/mol. The molecule has 0 aliphatic carbocycles. The van der Waals surface area contributed by atoms with Crippen molar-refractivity contribution in [2.45, 2.75) is 56.7 Å². The zero-order valence-corrected chi connectivity index (χ0v) is 17.9. The Labute approximate surface area is 184 Å². The molecular formula is C22H25F2N7O. The van der Waals surface area contributed by atoms with Gasteiger partial charge in [0.25, 0.3) is 5.92 Å². The second kappa shape index (κ2) is 7.77. The van der Waals surface area contributed by atoms with Crippen LogP contribution in [0.1, 0.15) is 31.9 Å². The van der Waals surface area contributed by atoms with Crippen LogP contribution in [0.2, 0.25) is 0 Å². The summed E-state index contributed by atoms with van der Waals surface area (Å²) in [6.45, 7) is 2.00. The predicted octanol–water partition coefficient (Wildman–Crippen LogP) is 2.96. The number of nitrogens with zero attached hydrogens (tertiary/aromatic N) is 6. The lowest BCUT2D eigenvalue weighted by molar-refractivity contribution is -0.0128. The third-order valence-corrected chi connectivity index (χ3v) is 6.51. The minimum atomic E-state index is -2.65. The Bertz CT molecular complexity index is 1120. The maximum Gasteiger partial charge on any atom is 0.264 e. The number of nitrogens with one attached hydrogen (secondary N) is 1. The Balaban J connectivity index is 1.32. The number of alkyl halides is 2. The lowest BCUT2D eigenvalue weighted by Crippen LogP contribution is -2.49. The van der Waals surface area contributed by atoms with Crippen LogP contribution in [0.4, 0.5) is 14.6 Å². The number of fused-ring (bicyclic) bond motifs is 2. The molecule has 0 saturated carbocycles. The van der Waals surface area contributed by atoms with E-state index in [1.165, 1.54) is 0 Å². The van der Waals surface area contributed by atoms with Crippen LogP contribution in [0, 0.1) is 0 Å². The fraction of sp³-hybridized carbons (Fsp3) is 0.455. The molecule has 8 nitrogen and oxygen atoms in total. The van der Waals surface area contributed by atoms with Gasteiger partial charge in [0.05, 0.1) is 29.3 Å². The number of phenols is 1. The molecule has 1 aromatic carbocycles. The number of halogens is 2. The fourth-order valence-electron chi connectivity index (χ4n) is 4.65. The summed E-state index contributed by atoms with van der Waals surface area (Å²) in [5.41, 5.74) is 2.63. The van der Waals surface area contributed by atoms with Crippen LogP contribution in [0.5, 0.6) is 5.75 Å². The fourth-order valence-corrected chi connectivity index (χ4v) is 4.65. The maximum absolute atomic E-state index is 14.0. The van der Waals surface area contributed by atoms with Gasteiger partial charge >= 0.3 is 0 Å². The Morgan fingerprint density at radius 2 is 2.03 bits per heavy atom. The van der Waals surface area contributed by atoms with Gasteiger partial charge in [0.2, 0.25) is 0 Å². The average Bonchev–Trinajstić information content (AvgIpc) is 3.35. The SMILES string of the molecule is CCc1cn(-c2ccc(-c3ccc(N(C)[C@@H]4C[C@@H]5CC(F)(F)[C@H](C4)N5)nn3)c(O)c2)nn1. The van der Waals surface area contributed by atoms with E-state index in [4.69, 9.17) is 0 Å². The molecule has 2 aliphatic heterocycles. The molecule has 2 saturated heterocycles. The molecule has 2 N–H and O–H groups in total. The number of anilines is 1. The summed E-state index contributed by atoms with van der Waals surface area (Å²) in [7, 11) is 1.87. The number of phenolic OH excluding ortho intramolecular Hbond substituents is 1. The molecule has 0 unspecified atom stereocenters. The first-order valence-electron chi connectivity index (χ1n) is 10.8. The highest BCUT2D eigenvalue weighted by atomic mass is 19.3. The van der Waals surface area contributed by atoms with E-state index in [-0.39, 0.29) is 24.3 Å². The monoisotopic (exact) mass is 441 g/mol. The van der Waals surface area contributed by atoms with Crippen LogP contribution in [0.15, 0.2) is 36.5 Å². The van der Waals surface area contributed by atoms with Crippen molar-refractivity contribution >= 4 is 5.82 Å². The van der Waals surface area contributed by atoms with Crippen molar-refractivity contribution in [3.05, 3.63) is 42.2 Å². The van der Waals surface area contributed by atoms with E-state index in [1.54, 1.807) is 22.9 Å². The highest BCUT2D eigenvalue weighted by molar-refractivity contribution is 5.69. The zero-order chi connectivity index (χ0) is 22.5. The van der Waals surface area contributed by atoms with Gasteiger partial charge in [0.15, 0.2) is 5.82 Å². The lowest BCUT2D eigenvalue weighted by atomic mass is 9.98. The molecule has 2 bridgehead atoms. The van der Waals surface area contributed by atoms with Gasteiger partial charge in [-0.15, -0.1) is 15.3 Å². The molecule has 32 heavy (non-hydrogen) atoms. The quantitative estimate of drug-likeness (QED) is 0.629. The van der Waals surface area contributed by atoms with Crippen molar-refractivity contribution in [2.75, 3.05) is 11.9 Å². The average molecular weight is 441 g/mol. The molecule has 3 atom stereocenters. The zero-order valence-electron chi connectivity index (χ0n) is 17.9. The van der Waals surface area contributed by atoms with Gasteiger partial charge in [-0.2, -0.15) is 0 Å². The topological polar surface area (TPSA) is 92.0 Å². The van der Waals surface area contributed by atoms with E-state index in [0.29, 0.717) is 35.6 Å². The Morgan fingerprint density at radius 3 is 2.69 bits per heavy atom. The third-order valence-electron chi connectivity index (χ3n) is 6.51. The normalized spacial score (nSPS) is 23.9. The van der Waals surface area contributed by atoms with E-state index >= 15 is 0 Å². The van der Waals surface area contributed by atoms with Crippen molar-refractivity contribution in [3.8, 4) is 22.7 Å². The second-order valence-corrected chi connectivity index (χ2v) is 8.60. The summed E-state index contributed by atoms with van der Waals surface area (Å²) >= 11 is 0. The van der Waals surface area contributed by atoms with Crippen molar-refractivity contribution in [2.24, 2.45) is 0 Å². The first-order chi connectivity index (χ1) is 15.3. The van der Waals surface area contributed by atoms with Gasteiger partial charge in [-0.3, -0.25) is 0 Å². The van der Waals surface area contributed by atoms with Crippen LogP contribution >= 0.6 is 0 Å². The molecule has 3 aromatic rings. The summed E-state index contributed by atoms with van der Waals surface area (Å²) in [5.74, 6) is -1.97. The number of aryl methyl sites for hydroxylation is 1. The molecule has 0 spiro atoms. The largest absolute Gasteiger partial charge is 0.507 e. The summed E-state index contributed by atoms with van der Waals surface area (Å²) in [4.78, 5) is 1.93. The highest BCUT2D eigenvalue weighted by Gasteiger charge is 2.53. The minimum Gasteiger partial charge on any atom is -0.507 e. The number of rotatable bonds is 5. The summed E-state index contributed by atoms with van der Waals surface area (Å²) in [5, 5.41) is 30.3. The third kappa shape index (κ3) is 3.68. The smallest absolute Gasteiger partial charge is 0.264 e. The molecule has 168 valence electrons. The van der Waals surface area contributed by atoms with E-state index in [1.807, 2.05) is 37.2 Å². The van der Waals surface area contributed by atoms with Gasteiger partial charge in [-0.05, 0) is 43.5 Å². The first-order valence-corrected chi connectivity index (χ1v) is 10.8. The van der Waals surface area contributed by atoms with Crippen LogP contribution in [-0.2, 0) is 6.42 Å². The van der Waals surface area contributed by atoms with Crippen LogP contribution in [-0.4, -0.2) is 61.4 Å². The summed E-state index contributed by atoms with van der Waals surface area (Å²) < 4.78 is 29.7. The first kappa shape index (κ1) is 20.7. The van der Waals surface area contributed by atoms with Gasteiger partial charge < -0.3 is 15.3 Å². The Hall–Kier alpha value is -3.14. The van der Waals surface area contributed by atoms with Gasteiger partial charge in [0, 0.05) is 37.2 Å². The van der Waals surface area contributed by atoms with Crippen LogP contribution < -0.4 is 10.2 Å². The minimum absolute atomic E-state index is 0.0249. The highest BCUT2D eigenvalue weighted by Crippen LogP contribution is 2.40. The maximum atomic E-state index is 14.0. The van der Waals surface area contributed by atoms with Crippen LogP contribution in [0.25, 0.3) is 16.9 Å².